The predicted octanol–water partition coefficient (Wildman–Crippen LogP) is 4.28. The van der Waals surface area contributed by atoms with E-state index in [1.165, 1.54) is 5.56 Å². The van der Waals surface area contributed by atoms with Crippen molar-refractivity contribution in [3.05, 3.63) is 32.7 Å². The Labute approximate surface area is 114 Å². The quantitative estimate of drug-likeness (QED) is 0.621. The van der Waals surface area contributed by atoms with Crippen LogP contribution in [-0.2, 0) is 0 Å². The summed E-state index contributed by atoms with van der Waals surface area (Å²) in [6.45, 7) is 3.11. The maximum Gasteiger partial charge on any atom is 0.0302 e. The van der Waals surface area contributed by atoms with Crippen LogP contribution in [0, 0.1) is 12.3 Å². The second-order valence-electron chi connectivity index (χ2n) is 3.65. The first kappa shape index (κ1) is 13.8. The van der Waals surface area contributed by atoms with E-state index in [1.807, 2.05) is 0 Å². The number of halogens is 2. The summed E-state index contributed by atoms with van der Waals surface area (Å²) >= 11 is 7.01. The van der Waals surface area contributed by atoms with Crippen LogP contribution in [0.15, 0.2) is 27.1 Å². The SMILES string of the molecule is C#CCCCNC(C)c1ccc(Br)cc1Br. The number of terminal acetylenes is 1. The molecule has 0 aliphatic rings. The Balaban J connectivity index is 2.53. The Morgan fingerprint density at radius 1 is 1.44 bits per heavy atom. The molecule has 1 nitrogen and oxygen atoms in total. The third kappa shape index (κ3) is 4.29. The molecule has 0 spiro atoms. The summed E-state index contributed by atoms with van der Waals surface area (Å²) in [4.78, 5) is 0. The molecule has 1 atom stereocenters. The average molecular weight is 345 g/mol. The van der Waals surface area contributed by atoms with Gasteiger partial charge in [-0.1, -0.05) is 37.9 Å². The Hall–Kier alpha value is -0.300. The van der Waals surface area contributed by atoms with Crippen LogP contribution in [0.1, 0.15) is 31.4 Å². The smallest absolute Gasteiger partial charge is 0.0302 e. The van der Waals surface area contributed by atoms with Crippen molar-refractivity contribution in [2.75, 3.05) is 6.54 Å². The lowest BCUT2D eigenvalue weighted by Gasteiger charge is -2.15. The molecule has 1 aromatic carbocycles. The first-order chi connectivity index (χ1) is 7.65. The van der Waals surface area contributed by atoms with Crippen molar-refractivity contribution in [2.45, 2.75) is 25.8 Å². The highest BCUT2D eigenvalue weighted by Gasteiger charge is 2.08. The molecule has 0 heterocycles. The largest absolute Gasteiger partial charge is 0.310 e. The standard InChI is InChI=1S/C13H15Br2N/c1-3-4-5-8-16-10(2)12-7-6-11(14)9-13(12)15/h1,6-7,9-10,16H,4-5,8H2,2H3. The van der Waals surface area contributed by atoms with Crippen LogP contribution in [0.2, 0.25) is 0 Å². The summed E-state index contributed by atoms with van der Waals surface area (Å²) in [7, 11) is 0. The van der Waals surface area contributed by atoms with Crippen LogP contribution in [0.4, 0.5) is 0 Å². The molecule has 16 heavy (non-hydrogen) atoms. The highest BCUT2D eigenvalue weighted by molar-refractivity contribution is 9.11. The zero-order valence-electron chi connectivity index (χ0n) is 9.26. The lowest BCUT2D eigenvalue weighted by atomic mass is 10.1. The van der Waals surface area contributed by atoms with Crippen LogP contribution < -0.4 is 5.32 Å². The Morgan fingerprint density at radius 2 is 2.19 bits per heavy atom. The molecular formula is C13H15Br2N. The Bertz CT molecular complexity index is 382. The molecule has 1 unspecified atom stereocenters. The summed E-state index contributed by atoms with van der Waals surface area (Å²) in [6, 6.07) is 6.57. The summed E-state index contributed by atoms with van der Waals surface area (Å²) in [5, 5.41) is 3.45. The van der Waals surface area contributed by atoms with Crippen molar-refractivity contribution in [3.63, 3.8) is 0 Å². The molecule has 86 valence electrons. The van der Waals surface area contributed by atoms with Gasteiger partial charge in [0.05, 0.1) is 0 Å². The normalized spacial score (nSPS) is 12.1. The van der Waals surface area contributed by atoms with Gasteiger partial charge in [-0.25, -0.2) is 0 Å². The van der Waals surface area contributed by atoms with E-state index in [0.29, 0.717) is 6.04 Å². The van der Waals surface area contributed by atoms with E-state index in [0.717, 1.165) is 28.3 Å². The second kappa shape index (κ2) is 7.11. The number of rotatable bonds is 5. The van der Waals surface area contributed by atoms with Crippen LogP contribution >= 0.6 is 31.9 Å². The van der Waals surface area contributed by atoms with Crippen molar-refractivity contribution in [2.24, 2.45) is 0 Å². The summed E-state index contributed by atoms with van der Waals surface area (Å²) in [5.41, 5.74) is 1.27. The molecule has 0 aliphatic heterocycles. The zero-order chi connectivity index (χ0) is 12.0. The van der Waals surface area contributed by atoms with Gasteiger partial charge in [0, 0.05) is 21.4 Å². The fourth-order valence-electron chi connectivity index (χ4n) is 1.47. The maximum absolute atomic E-state index is 5.21. The van der Waals surface area contributed by atoms with E-state index >= 15 is 0 Å². The topological polar surface area (TPSA) is 12.0 Å². The van der Waals surface area contributed by atoms with E-state index in [4.69, 9.17) is 6.42 Å². The number of nitrogens with one attached hydrogen (secondary N) is 1. The molecule has 0 saturated carbocycles. The molecule has 0 saturated heterocycles. The number of hydrogen-bond acceptors (Lipinski definition) is 1. The first-order valence-electron chi connectivity index (χ1n) is 5.27. The van der Waals surface area contributed by atoms with E-state index < -0.39 is 0 Å². The third-order valence-electron chi connectivity index (χ3n) is 2.38. The summed E-state index contributed by atoms with van der Waals surface area (Å²) in [6.07, 6.45) is 7.06. The highest BCUT2D eigenvalue weighted by Crippen LogP contribution is 2.26. The van der Waals surface area contributed by atoms with E-state index in [2.05, 4.69) is 68.2 Å². The minimum absolute atomic E-state index is 0.334. The minimum Gasteiger partial charge on any atom is -0.310 e. The Morgan fingerprint density at radius 3 is 2.81 bits per heavy atom. The maximum atomic E-state index is 5.21. The van der Waals surface area contributed by atoms with Crippen LogP contribution in [0.25, 0.3) is 0 Å². The monoisotopic (exact) mass is 343 g/mol. The minimum atomic E-state index is 0.334. The fourth-order valence-corrected chi connectivity index (χ4v) is 2.86. The summed E-state index contributed by atoms with van der Waals surface area (Å²) < 4.78 is 2.21. The molecule has 0 aliphatic carbocycles. The van der Waals surface area contributed by atoms with Gasteiger partial charge in [-0.3, -0.25) is 0 Å². The molecule has 0 amide bonds. The van der Waals surface area contributed by atoms with Gasteiger partial charge in [-0.15, -0.1) is 12.3 Å². The van der Waals surface area contributed by atoms with Gasteiger partial charge in [0.15, 0.2) is 0 Å². The van der Waals surface area contributed by atoms with Crippen molar-refractivity contribution in [1.82, 2.24) is 5.32 Å². The van der Waals surface area contributed by atoms with Crippen LogP contribution in [0.5, 0.6) is 0 Å². The number of benzene rings is 1. The van der Waals surface area contributed by atoms with Gasteiger partial charge >= 0.3 is 0 Å². The van der Waals surface area contributed by atoms with E-state index in [9.17, 15) is 0 Å². The molecule has 1 aromatic rings. The van der Waals surface area contributed by atoms with Gasteiger partial charge in [0.1, 0.15) is 0 Å². The average Bonchev–Trinajstić information content (AvgIpc) is 2.24. The molecular weight excluding hydrogens is 330 g/mol. The lowest BCUT2D eigenvalue weighted by molar-refractivity contribution is 0.561. The molecule has 3 heteroatoms. The van der Waals surface area contributed by atoms with Gasteiger partial charge in [0.25, 0.3) is 0 Å². The van der Waals surface area contributed by atoms with Crippen molar-refractivity contribution in [1.29, 1.82) is 0 Å². The molecule has 0 bridgehead atoms. The van der Waals surface area contributed by atoms with Crippen LogP contribution in [-0.4, -0.2) is 6.54 Å². The lowest BCUT2D eigenvalue weighted by Crippen LogP contribution is -2.20. The molecule has 1 N–H and O–H groups in total. The van der Waals surface area contributed by atoms with Crippen molar-refractivity contribution < 1.29 is 0 Å². The van der Waals surface area contributed by atoms with Gasteiger partial charge < -0.3 is 5.32 Å². The third-order valence-corrected chi connectivity index (χ3v) is 3.56. The molecule has 1 rings (SSSR count). The molecule has 0 fully saturated rings. The van der Waals surface area contributed by atoms with Crippen molar-refractivity contribution >= 4 is 31.9 Å². The number of unbranched alkanes of at least 4 members (excludes halogenated alkanes) is 1. The Kier molecular flexibility index (Phi) is 6.12. The van der Waals surface area contributed by atoms with Gasteiger partial charge in [0.2, 0.25) is 0 Å². The molecule has 0 aromatic heterocycles. The van der Waals surface area contributed by atoms with E-state index in [-0.39, 0.29) is 0 Å². The predicted molar refractivity (Wildman–Crippen MR) is 76.3 cm³/mol. The van der Waals surface area contributed by atoms with Gasteiger partial charge in [-0.05, 0) is 37.6 Å². The van der Waals surface area contributed by atoms with Crippen LogP contribution in [0.3, 0.4) is 0 Å². The molecule has 0 radical (unpaired) electrons. The first-order valence-corrected chi connectivity index (χ1v) is 6.85. The van der Waals surface area contributed by atoms with Crippen molar-refractivity contribution in [3.8, 4) is 12.3 Å². The fraction of sp³-hybridized carbons (Fsp3) is 0.385. The zero-order valence-corrected chi connectivity index (χ0v) is 12.4. The van der Waals surface area contributed by atoms with E-state index in [1.54, 1.807) is 0 Å². The highest BCUT2D eigenvalue weighted by atomic mass is 79.9. The second-order valence-corrected chi connectivity index (χ2v) is 5.42. The van der Waals surface area contributed by atoms with Gasteiger partial charge in [-0.2, -0.15) is 0 Å². The number of hydrogen-bond donors (Lipinski definition) is 1. The summed E-state index contributed by atoms with van der Waals surface area (Å²) in [5.74, 6) is 2.64.